The SMILES string of the molecule is O=c1c2cc(Br)ccc2sc2ccc(-c3ccccn3)cc12. The van der Waals surface area contributed by atoms with E-state index in [1.54, 1.807) is 17.5 Å². The third kappa shape index (κ3) is 2.25. The van der Waals surface area contributed by atoms with Crippen LogP contribution in [0.4, 0.5) is 0 Å². The number of nitrogens with zero attached hydrogens (tertiary/aromatic N) is 1. The molecule has 22 heavy (non-hydrogen) atoms. The van der Waals surface area contributed by atoms with Crippen molar-refractivity contribution in [2.75, 3.05) is 0 Å². The zero-order valence-electron chi connectivity index (χ0n) is 11.4. The summed E-state index contributed by atoms with van der Waals surface area (Å²) in [4.78, 5) is 17.1. The summed E-state index contributed by atoms with van der Waals surface area (Å²) in [7, 11) is 0. The molecule has 2 nitrogen and oxygen atoms in total. The first-order chi connectivity index (χ1) is 10.7. The Balaban J connectivity index is 2.05. The predicted molar refractivity (Wildman–Crippen MR) is 96.5 cm³/mol. The molecular weight excluding hydrogens is 358 g/mol. The van der Waals surface area contributed by atoms with E-state index in [2.05, 4.69) is 20.9 Å². The molecule has 2 heterocycles. The second kappa shape index (κ2) is 5.30. The summed E-state index contributed by atoms with van der Waals surface area (Å²) in [6.45, 7) is 0. The molecule has 4 aromatic rings. The van der Waals surface area contributed by atoms with Gasteiger partial charge >= 0.3 is 0 Å². The smallest absolute Gasteiger partial charge is 0.195 e. The average molecular weight is 368 g/mol. The van der Waals surface area contributed by atoms with Crippen molar-refractivity contribution in [2.24, 2.45) is 0 Å². The molecule has 0 spiro atoms. The van der Waals surface area contributed by atoms with Gasteiger partial charge in [0.1, 0.15) is 0 Å². The summed E-state index contributed by atoms with van der Waals surface area (Å²) >= 11 is 5.07. The lowest BCUT2D eigenvalue weighted by Gasteiger charge is -2.04. The molecule has 0 radical (unpaired) electrons. The number of fused-ring (bicyclic) bond motifs is 2. The highest BCUT2D eigenvalue weighted by Crippen LogP contribution is 2.29. The van der Waals surface area contributed by atoms with Crippen molar-refractivity contribution in [1.82, 2.24) is 4.98 Å². The molecule has 0 amide bonds. The first-order valence-corrected chi connectivity index (χ1v) is 8.41. The van der Waals surface area contributed by atoms with E-state index in [0.717, 1.165) is 35.9 Å². The number of pyridine rings is 1. The molecular formula is C18H10BrNOS. The number of hydrogen-bond acceptors (Lipinski definition) is 3. The van der Waals surface area contributed by atoms with Crippen molar-refractivity contribution in [3.05, 3.63) is 75.5 Å². The van der Waals surface area contributed by atoms with Crippen LogP contribution in [0.25, 0.3) is 31.4 Å². The molecule has 0 unspecified atom stereocenters. The highest BCUT2D eigenvalue weighted by atomic mass is 79.9. The minimum atomic E-state index is 0.0721. The summed E-state index contributed by atoms with van der Waals surface area (Å²) in [5, 5.41) is 1.50. The molecule has 0 saturated heterocycles. The van der Waals surface area contributed by atoms with Crippen molar-refractivity contribution >= 4 is 47.4 Å². The van der Waals surface area contributed by atoms with Crippen LogP contribution in [0, 0.1) is 0 Å². The van der Waals surface area contributed by atoms with Gasteiger partial charge in [-0.25, -0.2) is 0 Å². The van der Waals surface area contributed by atoms with Crippen LogP contribution in [0.15, 0.2) is 70.1 Å². The van der Waals surface area contributed by atoms with Gasteiger partial charge in [0, 0.05) is 36.4 Å². The molecule has 106 valence electrons. The first-order valence-electron chi connectivity index (χ1n) is 6.80. The van der Waals surface area contributed by atoms with Gasteiger partial charge in [-0.3, -0.25) is 9.78 Å². The molecule has 0 atom stereocenters. The van der Waals surface area contributed by atoms with Gasteiger partial charge in [0.05, 0.1) is 5.69 Å². The Hall–Kier alpha value is -2.04. The quantitative estimate of drug-likeness (QED) is 0.430. The van der Waals surface area contributed by atoms with Gasteiger partial charge < -0.3 is 0 Å². The number of hydrogen-bond donors (Lipinski definition) is 0. The molecule has 0 aliphatic carbocycles. The first kappa shape index (κ1) is 13.6. The molecule has 0 bridgehead atoms. The van der Waals surface area contributed by atoms with Gasteiger partial charge in [0.15, 0.2) is 5.43 Å². The third-order valence-corrected chi connectivity index (χ3v) is 5.24. The highest BCUT2D eigenvalue weighted by Gasteiger charge is 2.08. The summed E-state index contributed by atoms with van der Waals surface area (Å²) in [5.74, 6) is 0. The topological polar surface area (TPSA) is 30.0 Å². The largest absolute Gasteiger partial charge is 0.289 e. The summed E-state index contributed by atoms with van der Waals surface area (Å²) in [6.07, 6.45) is 1.76. The minimum Gasteiger partial charge on any atom is -0.289 e. The zero-order valence-corrected chi connectivity index (χ0v) is 13.8. The van der Waals surface area contributed by atoms with E-state index in [4.69, 9.17) is 0 Å². The Morgan fingerprint density at radius 3 is 2.45 bits per heavy atom. The van der Waals surface area contributed by atoms with Crippen LogP contribution in [0.1, 0.15) is 0 Å². The maximum atomic E-state index is 12.8. The maximum absolute atomic E-state index is 12.8. The molecule has 0 N–H and O–H groups in total. The molecule has 4 heteroatoms. The van der Waals surface area contributed by atoms with Crippen LogP contribution < -0.4 is 5.43 Å². The zero-order chi connectivity index (χ0) is 15.1. The fraction of sp³-hybridized carbons (Fsp3) is 0. The van der Waals surface area contributed by atoms with Crippen LogP contribution in [0.3, 0.4) is 0 Å². The van der Waals surface area contributed by atoms with Gasteiger partial charge in [0.2, 0.25) is 0 Å². The van der Waals surface area contributed by atoms with E-state index in [-0.39, 0.29) is 5.43 Å². The molecule has 4 rings (SSSR count). The highest BCUT2D eigenvalue weighted by molar-refractivity contribution is 9.10. The van der Waals surface area contributed by atoms with E-state index in [0.29, 0.717) is 0 Å². The number of aromatic nitrogens is 1. The Bertz CT molecular complexity index is 1060. The van der Waals surface area contributed by atoms with Crippen molar-refractivity contribution in [3.8, 4) is 11.3 Å². The number of rotatable bonds is 1. The monoisotopic (exact) mass is 367 g/mol. The molecule has 2 aromatic heterocycles. The average Bonchev–Trinajstić information content (AvgIpc) is 2.56. The second-order valence-electron chi connectivity index (χ2n) is 5.00. The summed E-state index contributed by atoms with van der Waals surface area (Å²) in [5.41, 5.74) is 1.91. The van der Waals surface area contributed by atoms with E-state index in [9.17, 15) is 4.79 Å². The predicted octanol–water partition coefficient (Wildman–Crippen LogP) is 5.24. The number of halogens is 1. The Kier molecular flexibility index (Phi) is 3.28. The lowest BCUT2D eigenvalue weighted by atomic mass is 10.1. The molecule has 0 saturated carbocycles. The molecule has 0 fully saturated rings. The van der Waals surface area contributed by atoms with Gasteiger partial charge in [-0.05, 0) is 42.5 Å². The number of benzene rings is 2. The fourth-order valence-corrected chi connectivity index (χ4v) is 3.91. The van der Waals surface area contributed by atoms with Gasteiger partial charge in [0.25, 0.3) is 0 Å². The van der Waals surface area contributed by atoms with E-state index in [1.807, 2.05) is 54.6 Å². The minimum absolute atomic E-state index is 0.0721. The van der Waals surface area contributed by atoms with Crippen LogP contribution in [0.5, 0.6) is 0 Å². The third-order valence-electron chi connectivity index (χ3n) is 3.59. The van der Waals surface area contributed by atoms with Gasteiger partial charge in [-0.15, -0.1) is 11.3 Å². The fourth-order valence-electron chi connectivity index (χ4n) is 2.52. The van der Waals surface area contributed by atoms with E-state index >= 15 is 0 Å². The Morgan fingerprint density at radius 1 is 0.909 bits per heavy atom. The second-order valence-corrected chi connectivity index (χ2v) is 7.00. The van der Waals surface area contributed by atoms with Crippen LogP contribution in [-0.2, 0) is 0 Å². The molecule has 2 aromatic carbocycles. The summed E-state index contributed by atoms with van der Waals surface area (Å²) < 4.78 is 2.93. The Morgan fingerprint density at radius 2 is 1.68 bits per heavy atom. The van der Waals surface area contributed by atoms with Crippen LogP contribution in [-0.4, -0.2) is 4.98 Å². The molecule has 0 aliphatic heterocycles. The van der Waals surface area contributed by atoms with Crippen molar-refractivity contribution in [3.63, 3.8) is 0 Å². The lowest BCUT2D eigenvalue weighted by molar-refractivity contribution is 1.33. The Labute approximate surface area is 139 Å². The van der Waals surface area contributed by atoms with Crippen molar-refractivity contribution in [1.29, 1.82) is 0 Å². The van der Waals surface area contributed by atoms with E-state index < -0.39 is 0 Å². The van der Waals surface area contributed by atoms with Gasteiger partial charge in [-0.1, -0.05) is 28.1 Å². The standard InChI is InChI=1S/C18H10BrNOS/c19-12-5-7-17-14(10-12)18(21)13-9-11(4-6-16(13)22-17)15-3-1-2-8-20-15/h1-10H. The van der Waals surface area contributed by atoms with E-state index in [1.165, 1.54) is 0 Å². The van der Waals surface area contributed by atoms with Crippen LogP contribution in [0.2, 0.25) is 0 Å². The van der Waals surface area contributed by atoms with Gasteiger partial charge in [-0.2, -0.15) is 0 Å². The normalized spacial score (nSPS) is 11.1. The van der Waals surface area contributed by atoms with Crippen LogP contribution >= 0.6 is 27.3 Å². The van der Waals surface area contributed by atoms with Crippen molar-refractivity contribution < 1.29 is 0 Å². The summed E-state index contributed by atoms with van der Waals surface area (Å²) in [6, 6.07) is 17.6. The van der Waals surface area contributed by atoms with Crippen molar-refractivity contribution in [2.45, 2.75) is 0 Å². The lowest BCUT2D eigenvalue weighted by Crippen LogP contribution is -2.01. The molecule has 0 aliphatic rings. The maximum Gasteiger partial charge on any atom is 0.195 e.